The molecule has 0 fully saturated rings. The average Bonchev–Trinajstić information content (AvgIpc) is 2.02. The Kier molecular flexibility index (Phi) is 3.28. The summed E-state index contributed by atoms with van der Waals surface area (Å²) in [4.78, 5) is 0. The number of hydrogen-bond acceptors (Lipinski definition) is 3. The summed E-state index contributed by atoms with van der Waals surface area (Å²) in [6, 6.07) is 5.73. The smallest absolute Gasteiger partial charge is 0.186 e. The van der Waals surface area contributed by atoms with Crippen LogP contribution in [-0.4, -0.2) is 23.1 Å². The Labute approximate surface area is 77.6 Å². The molecule has 0 aliphatic rings. The van der Waals surface area contributed by atoms with Gasteiger partial charge in [-0.25, -0.2) is 0 Å². The van der Waals surface area contributed by atoms with Crippen molar-refractivity contribution < 1.29 is 14.9 Å². The first kappa shape index (κ1) is 10.0. The van der Waals surface area contributed by atoms with Gasteiger partial charge in [-0.15, -0.1) is 0 Å². The summed E-state index contributed by atoms with van der Waals surface area (Å²) in [7, 11) is 0. The minimum Gasteiger partial charge on any atom is -0.488 e. The van der Waals surface area contributed by atoms with Gasteiger partial charge < -0.3 is 14.9 Å². The lowest BCUT2D eigenvalue weighted by Gasteiger charge is -2.10. The Morgan fingerprint density at radius 3 is 2.54 bits per heavy atom. The Hall–Kier alpha value is -1.06. The van der Waals surface area contributed by atoms with Crippen LogP contribution in [0.4, 0.5) is 0 Å². The van der Waals surface area contributed by atoms with E-state index in [0.29, 0.717) is 5.75 Å². The van der Waals surface area contributed by atoms with Crippen LogP contribution in [0.15, 0.2) is 18.2 Å². The highest BCUT2D eigenvalue weighted by atomic mass is 16.5. The van der Waals surface area contributed by atoms with Gasteiger partial charge in [0.15, 0.2) is 6.29 Å². The maximum Gasteiger partial charge on any atom is 0.186 e. The van der Waals surface area contributed by atoms with Gasteiger partial charge in [-0.3, -0.25) is 0 Å². The highest BCUT2D eigenvalue weighted by Gasteiger charge is 2.02. The van der Waals surface area contributed by atoms with Crippen molar-refractivity contribution in [2.24, 2.45) is 0 Å². The highest BCUT2D eigenvalue weighted by molar-refractivity contribution is 5.35. The third-order valence-corrected chi connectivity index (χ3v) is 1.72. The largest absolute Gasteiger partial charge is 0.488 e. The number of ether oxygens (including phenoxy) is 1. The summed E-state index contributed by atoms with van der Waals surface area (Å²) in [5.74, 6) is 0.693. The summed E-state index contributed by atoms with van der Waals surface area (Å²) in [6.07, 6.45) is -1.42. The van der Waals surface area contributed by atoms with Crippen molar-refractivity contribution in [1.82, 2.24) is 0 Å². The average molecular weight is 182 g/mol. The van der Waals surface area contributed by atoms with Crippen molar-refractivity contribution in [3.63, 3.8) is 0 Å². The van der Waals surface area contributed by atoms with E-state index in [9.17, 15) is 0 Å². The molecule has 72 valence electrons. The second-order valence-corrected chi connectivity index (χ2v) is 3.06. The summed E-state index contributed by atoms with van der Waals surface area (Å²) >= 11 is 0. The Morgan fingerprint density at radius 1 is 1.31 bits per heavy atom. The molecule has 0 aliphatic carbocycles. The van der Waals surface area contributed by atoms with E-state index in [-0.39, 0.29) is 6.61 Å². The molecule has 0 saturated heterocycles. The van der Waals surface area contributed by atoms with Gasteiger partial charge in [0.2, 0.25) is 0 Å². The molecule has 2 N–H and O–H groups in total. The van der Waals surface area contributed by atoms with Crippen LogP contribution in [0.25, 0.3) is 0 Å². The molecule has 1 rings (SSSR count). The van der Waals surface area contributed by atoms with E-state index in [1.54, 1.807) is 0 Å². The highest BCUT2D eigenvalue weighted by Crippen LogP contribution is 2.18. The van der Waals surface area contributed by atoms with Crippen LogP contribution in [0.3, 0.4) is 0 Å². The summed E-state index contributed by atoms with van der Waals surface area (Å²) in [5, 5.41) is 17.2. The number of aliphatic hydroxyl groups excluding tert-OH is 1. The van der Waals surface area contributed by atoms with Gasteiger partial charge in [0.25, 0.3) is 0 Å². The monoisotopic (exact) mass is 182 g/mol. The second-order valence-electron chi connectivity index (χ2n) is 3.06. The number of hydrogen-bond donors (Lipinski definition) is 2. The molecule has 0 heterocycles. The molecule has 1 aromatic rings. The minimum absolute atomic E-state index is 0.0934. The lowest BCUT2D eigenvalue weighted by Crippen LogP contribution is -2.16. The van der Waals surface area contributed by atoms with E-state index < -0.39 is 6.29 Å². The van der Waals surface area contributed by atoms with Crippen molar-refractivity contribution in [2.45, 2.75) is 20.1 Å². The first-order valence-electron chi connectivity index (χ1n) is 4.16. The van der Waals surface area contributed by atoms with E-state index in [1.165, 1.54) is 0 Å². The van der Waals surface area contributed by atoms with Crippen molar-refractivity contribution >= 4 is 0 Å². The minimum atomic E-state index is -1.42. The lowest BCUT2D eigenvalue weighted by atomic mass is 10.1. The summed E-state index contributed by atoms with van der Waals surface area (Å²) < 4.78 is 5.15. The first-order chi connectivity index (χ1) is 6.09. The van der Waals surface area contributed by atoms with Gasteiger partial charge in [0.1, 0.15) is 12.4 Å². The summed E-state index contributed by atoms with van der Waals surface area (Å²) in [5.41, 5.74) is 2.16. The number of benzene rings is 1. The molecule has 13 heavy (non-hydrogen) atoms. The van der Waals surface area contributed by atoms with Crippen LogP contribution in [0.2, 0.25) is 0 Å². The second kappa shape index (κ2) is 4.25. The number of aliphatic hydroxyl groups is 2. The molecule has 0 unspecified atom stereocenters. The topological polar surface area (TPSA) is 49.7 Å². The Bertz CT molecular complexity index is 281. The molecule has 0 amide bonds. The van der Waals surface area contributed by atoms with E-state index in [4.69, 9.17) is 14.9 Å². The maximum atomic E-state index is 8.59. The predicted molar refractivity (Wildman–Crippen MR) is 49.6 cm³/mol. The molecule has 3 heteroatoms. The van der Waals surface area contributed by atoms with Crippen LogP contribution in [0.1, 0.15) is 11.1 Å². The van der Waals surface area contributed by atoms with Gasteiger partial charge in [-0.05, 0) is 25.5 Å². The molecule has 0 atom stereocenters. The molecular formula is C10H14O3. The standard InChI is InChI=1S/C10H14O3/c1-7-3-4-9(8(2)5-7)13-6-10(11)12/h3-5,10-12H,6H2,1-2H3. The van der Waals surface area contributed by atoms with Gasteiger partial charge in [-0.1, -0.05) is 17.7 Å². The van der Waals surface area contributed by atoms with Crippen LogP contribution in [0, 0.1) is 13.8 Å². The lowest BCUT2D eigenvalue weighted by molar-refractivity contribution is -0.0681. The van der Waals surface area contributed by atoms with Crippen LogP contribution < -0.4 is 4.74 Å². The fourth-order valence-corrected chi connectivity index (χ4v) is 1.13. The van der Waals surface area contributed by atoms with E-state index >= 15 is 0 Å². The molecular weight excluding hydrogens is 168 g/mol. The normalized spacial score (nSPS) is 10.5. The van der Waals surface area contributed by atoms with Crippen molar-refractivity contribution in [1.29, 1.82) is 0 Å². The van der Waals surface area contributed by atoms with Gasteiger partial charge in [0, 0.05) is 0 Å². The number of aryl methyl sites for hydroxylation is 2. The van der Waals surface area contributed by atoms with E-state index in [2.05, 4.69) is 0 Å². The van der Waals surface area contributed by atoms with Crippen molar-refractivity contribution in [3.05, 3.63) is 29.3 Å². The van der Waals surface area contributed by atoms with Crippen LogP contribution in [-0.2, 0) is 0 Å². The predicted octanol–water partition coefficient (Wildman–Crippen LogP) is 0.993. The Morgan fingerprint density at radius 2 is 2.00 bits per heavy atom. The van der Waals surface area contributed by atoms with Crippen molar-refractivity contribution in [2.75, 3.05) is 6.61 Å². The SMILES string of the molecule is Cc1ccc(OCC(O)O)c(C)c1. The van der Waals surface area contributed by atoms with Crippen LogP contribution in [0.5, 0.6) is 5.75 Å². The fourth-order valence-electron chi connectivity index (χ4n) is 1.13. The molecule has 0 bridgehead atoms. The maximum absolute atomic E-state index is 8.59. The zero-order valence-corrected chi connectivity index (χ0v) is 7.82. The third kappa shape index (κ3) is 3.05. The molecule has 0 spiro atoms. The first-order valence-corrected chi connectivity index (χ1v) is 4.16. The third-order valence-electron chi connectivity index (χ3n) is 1.72. The summed E-state index contributed by atoms with van der Waals surface area (Å²) in [6.45, 7) is 3.83. The van der Waals surface area contributed by atoms with E-state index in [1.807, 2.05) is 32.0 Å². The molecule has 1 aromatic carbocycles. The quantitative estimate of drug-likeness (QED) is 0.685. The van der Waals surface area contributed by atoms with E-state index in [0.717, 1.165) is 11.1 Å². The van der Waals surface area contributed by atoms with Gasteiger partial charge in [-0.2, -0.15) is 0 Å². The van der Waals surface area contributed by atoms with Crippen molar-refractivity contribution in [3.8, 4) is 5.75 Å². The zero-order chi connectivity index (χ0) is 9.84. The van der Waals surface area contributed by atoms with Gasteiger partial charge >= 0.3 is 0 Å². The van der Waals surface area contributed by atoms with Crippen LogP contribution >= 0.6 is 0 Å². The Balaban J connectivity index is 2.67. The number of rotatable bonds is 3. The molecule has 0 aliphatic heterocycles. The fraction of sp³-hybridized carbons (Fsp3) is 0.400. The molecule has 0 radical (unpaired) electrons. The molecule has 0 aromatic heterocycles. The zero-order valence-electron chi connectivity index (χ0n) is 7.82. The molecule has 3 nitrogen and oxygen atoms in total. The molecule has 0 saturated carbocycles. The van der Waals surface area contributed by atoms with Gasteiger partial charge in [0.05, 0.1) is 0 Å².